The van der Waals surface area contributed by atoms with Crippen LogP contribution in [0.25, 0.3) is 0 Å². The molecule has 19 heavy (non-hydrogen) atoms. The zero-order chi connectivity index (χ0) is 14.3. The Labute approximate surface area is 115 Å². The van der Waals surface area contributed by atoms with Gasteiger partial charge in [0.2, 0.25) is 0 Å². The lowest BCUT2D eigenvalue weighted by Crippen LogP contribution is -2.42. The summed E-state index contributed by atoms with van der Waals surface area (Å²) in [7, 11) is 0. The first-order valence-electron chi connectivity index (χ1n) is 7.21. The standard InChI is InChI=1S/C14H27NO4/c1-4-18-14(17)12-5-7-15(8-6-12)9-13(16)10-19-11(2)3/h11-13,16H,4-10H2,1-3H3. The maximum Gasteiger partial charge on any atom is 0.309 e. The van der Waals surface area contributed by atoms with Crippen LogP contribution in [0, 0.1) is 5.92 Å². The molecule has 0 aromatic carbocycles. The molecule has 1 atom stereocenters. The second-order valence-corrected chi connectivity index (χ2v) is 5.36. The number of hydrogen-bond donors (Lipinski definition) is 1. The van der Waals surface area contributed by atoms with Crippen molar-refractivity contribution in [3.05, 3.63) is 0 Å². The predicted octanol–water partition coefficient (Wildman–Crippen LogP) is 1.05. The molecule has 1 N–H and O–H groups in total. The Bertz CT molecular complexity index is 262. The van der Waals surface area contributed by atoms with Gasteiger partial charge in [-0.15, -0.1) is 0 Å². The van der Waals surface area contributed by atoms with Gasteiger partial charge in [0.05, 0.1) is 31.3 Å². The third-order valence-corrected chi connectivity index (χ3v) is 3.30. The first-order chi connectivity index (χ1) is 9.02. The Morgan fingerprint density at radius 1 is 1.37 bits per heavy atom. The Morgan fingerprint density at radius 3 is 2.53 bits per heavy atom. The summed E-state index contributed by atoms with van der Waals surface area (Å²) in [5, 5.41) is 9.85. The number of carbonyl (C=O) groups excluding carboxylic acids is 1. The van der Waals surface area contributed by atoms with Crippen LogP contribution in [0.4, 0.5) is 0 Å². The van der Waals surface area contributed by atoms with Crippen LogP contribution in [0.3, 0.4) is 0 Å². The van der Waals surface area contributed by atoms with E-state index in [0.717, 1.165) is 25.9 Å². The Hall–Kier alpha value is -0.650. The van der Waals surface area contributed by atoms with E-state index >= 15 is 0 Å². The number of carbonyl (C=O) groups is 1. The first kappa shape index (κ1) is 16.4. The summed E-state index contributed by atoms with van der Waals surface area (Å²) in [4.78, 5) is 13.8. The second-order valence-electron chi connectivity index (χ2n) is 5.36. The van der Waals surface area contributed by atoms with E-state index in [9.17, 15) is 9.90 Å². The van der Waals surface area contributed by atoms with Gasteiger partial charge >= 0.3 is 5.97 Å². The summed E-state index contributed by atoms with van der Waals surface area (Å²) < 4.78 is 10.4. The van der Waals surface area contributed by atoms with Crippen molar-refractivity contribution in [2.75, 3.05) is 32.8 Å². The lowest BCUT2D eigenvalue weighted by atomic mass is 9.97. The minimum atomic E-state index is -0.457. The van der Waals surface area contributed by atoms with Crippen molar-refractivity contribution >= 4 is 5.97 Å². The molecular formula is C14H27NO4. The Morgan fingerprint density at radius 2 is 2.00 bits per heavy atom. The first-order valence-corrected chi connectivity index (χ1v) is 7.21. The number of ether oxygens (including phenoxy) is 2. The molecule has 0 radical (unpaired) electrons. The fraction of sp³-hybridized carbons (Fsp3) is 0.929. The maximum absolute atomic E-state index is 11.6. The van der Waals surface area contributed by atoms with Crippen LogP contribution in [0.1, 0.15) is 33.6 Å². The molecule has 1 rings (SSSR count). The van der Waals surface area contributed by atoms with E-state index in [0.29, 0.717) is 19.8 Å². The van der Waals surface area contributed by atoms with E-state index in [-0.39, 0.29) is 18.0 Å². The highest BCUT2D eigenvalue weighted by Gasteiger charge is 2.26. The molecule has 1 saturated heterocycles. The SMILES string of the molecule is CCOC(=O)C1CCN(CC(O)COC(C)C)CC1. The third kappa shape index (κ3) is 6.36. The highest BCUT2D eigenvalue weighted by Crippen LogP contribution is 2.18. The lowest BCUT2D eigenvalue weighted by molar-refractivity contribution is -0.149. The van der Waals surface area contributed by atoms with Crippen LogP contribution in [0.2, 0.25) is 0 Å². The van der Waals surface area contributed by atoms with Crippen molar-refractivity contribution in [3.8, 4) is 0 Å². The molecule has 112 valence electrons. The molecule has 1 fully saturated rings. The number of esters is 1. The highest BCUT2D eigenvalue weighted by molar-refractivity contribution is 5.72. The molecule has 0 aromatic rings. The Balaban J connectivity index is 2.20. The van der Waals surface area contributed by atoms with Gasteiger partial charge in [-0.05, 0) is 46.7 Å². The molecule has 0 aromatic heterocycles. The maximum atomic E-state index is 11.6. The zero-order valence-corrected chi connectivity index (χ0v) is 12.3. The van der Waals surface area contributed by atoms with E-state index in [2.05, 4.69) is 4.90 Å². The van der Waals surface area contributed by atoms with Crippen LogP contribution in [-0.2, 0) is 14.3 Å². The monoisotopic (exact) mass is 273 g/mol. The van der Waals surface area contributed by atoms with Gasteiger partial charge in [-0.3, -0.25) is 4.79 Å². The summed E-state index contributed by atoms with van der Waals surface area (Å²) in [6.45, 7) is 8.85. The van der Waals surface area contributed by atoms with Crippen LogP contribution in [-0.4, -0.2) is 61.0 Å². The van der Waals surface area contributed by atoms with Crippen LogP contribution in [0.15, 0.2) is 0 Å². The molecular weight excluding hydrogens is 246 g/mol. The van der Waals surface area contributed by atoms with Crippen LogP contribution in [0.5, 0.6) is 0 Å². The zero-order valence-electron chi connectivity index (χ0n) is 12.3. The smallest absolute Gasteiger partial charge is 0.309 e. The number of rotatable bonds is 7. The van der Waals surface area contributed by atoms with Crippen molar-refractivity contribution in [2.45, 2.75) is 45.8 Å². The van der Waals surface area contributed by atoms with E-state index in [1.54, 1.807) is 0 Å². The van der Waals surface area contributed by atoms with E-state index in [4.69, 9.17) is 9.47 Å². The average molecular weight is 273 g/mol. The van der Waals surface area contributed by atoms with E-state index < -0.39 is 6.10 Å². The van der Waals surface area contributed by atoms with Crippen molar-refractivity contribution in [1.82, 2.24) is 4.90 Å². The fourth-order valence-corrected chi connectivity index (χ4v) is 2.27. The third-order valence-electron chi connectivity index (χ3n) is 3.30. The number of likely N-dealkylation sites (tertiary alicyclic amines) is 1. The summed E-state index contributed by atoms with van der Waals surface area (Å²) in [6, 6.07) is 0. The van der Waals surface area contributed by atoms with Crippen LogP contribution < -0.4 is 0 Å². The minimum absolute atomic E-state index is 0.0280. The summed E-state index contributed by atoms with van der Waals surface area (Å²) in [5.74, 6) is -0.0499. The summed E-state index contributed by atoms with van der Waals surface area (Å²) in [6.07, 6.45) is 1.32. The molecule has 1 heterocycles. The van der Waals surface area contributed by atoms with Gasteiger partial charge in [-0.1, -0.05) is 0 Å². The van der Waals surface area contributed by atoms with Gasteiger partial charge in [0.15, 0.2) is 0 Å². The topological polar surface area (TPSA) is 59.0 Å². The van der Waals surface area contributed by atoms with Gasteiger partial charge in [0.25, 0.3) is 0 Å². The minimum Gasteiger partial charge on any atom is -0.466 e. The predicted molar refractivity (Wildman–Crippen MR) is 72.9 cm³/mol. The summed E-state index contributed by atoms with van der Waals surface area (Å²) in [5.41, 5.74) is 0. The average Bonchev–Trinajstić information content (AvgIpc) is 2.37. The van der Waals surface area contributed by atoms with Crippen molar-refractivity contribution < 1.29 is 19.4 Å². The lowest BCUT2D eigenvalue weighted by Gasteiger charge is -2.32. The molecule has 1 unspecified atom stereocenters. The van der Waals surface area contributed by atoms with Gasteiger partial charge in [0, 0.05) is 6.54 Å². The molecule has 0 spiro atoms. The summed E-state index contributed by atoms with van der Waals surface area (Å²) >= 11 is 0. The molecule has 5 heteroatoms. The van der Waals surface area contributed by atoms with Crippen molar-refractivity contribution in [2.24, 2.45) is 5.92 Å². The van der Waals surface area contributed by atoms with Crippen molar-refractivity contribution in [3.63, 3.8) is 0 Å². The molecule has 1 aliphatic heterocycles. The largest absolute Gasteiger partial charge is 0.466 e. The molecule has 0 bridgehead atoms. The van der Waals surface area contributed by atoms with E-state index in [1.807, 2.05) is 20.8 Å². The van der Waals surface area contributed by atoms with Gasteiger partial charge < -0.3 is 19.5 Å². The highest BCUT2D eigenvalue weighted by atomic mass is 16.5. The number of β-amino-alcohol motifs (C(OH)–C–C–N with tert-alkyl or cyclic N) is 1. The molecule has 0 saturated carbocycles. The second kappa shape index (κ2) is 8.51. The van der Waals surface area contributed by atoms with Gasteiger partial charge in [-0.2, -0.15) is 0 Å². The molecule has 0 aliphatic carbocycles. The molecule has 5 nitrogen and oxygen atoms in total. The molecule has 0 amide bonds. The van der Waals surface area contributed by atoms with E-state index in [1.165, 1.54) is 0 Å². The quantitative estimate of drug-likeness (QED) is 0.703. The van der Waals surface area contributed by atoms with Crippen LogP contribution >= 0.6 is 0 Å². The van der Waals surface area contributed by atoms with Crippen molar-refractivity contribution in [1.29, 1.82) is 0 Å². The molecule has 1 aliphatic rings. The number of piperidine rings is 1. The number of aliphatic hydroxyl groups is 1. The number of nitrogens with zero attached hydrogens (tertiary/aromatic N) is 1. The number of hydrogen-bond acceptors (Lipinski definition) is 5. The Kier molecular flexibility index (Phi) is 7.34. The number of aliphatic hydroxyl groups excluding tert-OH is 1. The van der Waals surface area contributed by atoms with Gasteiger partial charge in [-0.25, -0.2) is 0 Å². The normalized spacial score (nSPS) is 19.6. The fourth-order valence-electron chi connectivity index (χ4n) is 2.27. The van der Waals surface area contributed by atoms with Gasteiger partial charge in [0.1, 0.15) is 0 Å².